The molecule has 2 heterocycles. The summed E-state index contributed by atoms with van der Waals surface area (Å²) in [4.78, 5) is 6.69. The Labute approximate surface area is 157 Å². The van der Waals surface area contributed by atoms with Crippen molar-refractivity contribution in [1.29, 1.82) is 0 Å². The first-order valence-electron chi connectivity index (χ1n) is 8.95. The van der Waals surface area contributed by atoms with Crippen LogP contribution in [0.5, 0.6) is 17.2 Å². The van der Waals surface area contributed by atoms with Crippen molar-refractivity contribution in [2.24, 2.45) is 0 Å². The number of hydrogen-bond donors (Lipinski definition) is 1. The van der Waals surface area contributed by atoms with E-state index < -0.39 is 0 Å². The van der Waals surface area contributed by atoms with Gasteiger partial charge in [0.1, 0.15) is 5.75 Å². The first kappa shape index (κ1) is 17.4. The maximum Gasteiger partial charge on any atom is 0.241 e. The van der Waals surface area contributed by atoms with Gasteiger partial charge in [0.05, 0.1) is 6.54 Å². The summed E-state index contributed by atoms with van der Waals surface area (Å²) in [7, 11) is 0. The lowest BCUT2D eigenvalue weighted by Crippen LogP contribution is -2.23. The van der Waals surface area contributed by atoms with Gasteiger partial charge in [-0.15, -0.1) is 0 Å². The molecular weight excluding hydrogens is 346 g/mol. The maximum atomic E-state index is 10.0. The Morgan fingerprint density at radius 3 is 2.78 bits per heavy atom. The average Bonchev–Trinajstić information content (AvgIpc) is 3.32. The zero-order valence-electron chi connectivity index (χ0n) is 15.1. The number of hydrogen-bond acceptors (Lipinski definition) is 7. The molecule has 0 saturated heterocycles. The molecule has 0 spiro atoms. The van der Waals surface area contributed by atoms with Gasteiger partial charge in [0, 0.05) is 17.7 Å². The lowest BCUT2D eigenvalue weighted by atomic mass is 10.2. The van der Waals surface area contributed by atoms with Gasteiger partial charge in [-0.2, -0.15) is 4.98 Å². The Bertz CT molecular complexity index is 925. The molecule has 1 N–H and O–H groups in total. The highest BCUT2D eigenvalue weighted by Gasteiger charge is 2.18. The summed E-state index contributed by atoms with van der Waals surface area (Å²) in [5, 5.41) is 14.1. The van der Waals surface area contributed by atoms with E-state index in [0.717, 1.165) is 29.8 Å². The van der Waals surface area contributed by atoms with Gasteiger partial charge in [-0.25, -0.2) is 0 Å². The summed E-state index contributed by atoms with van der Waals surface area (Å²) in [6, 6.07) is 12.9. The van der Waals surface area contributed by atoms with Crippen LogP contribution >= 0.6 is 0 Å². The summed E-state index contributed by atoms with van der Waals surface area (Å²) in [5.41, 5.74) is 1.69. The molecule has 140 valence electrons. The zero-order valence-corrected chi connectivity index (χ0v) is 15.1. The van der Waals surface area contributed by atoms with Gasteiger partial charge in [0.2, 0.25) is 18.5 Å². The van der Waals surface area contributed by atoms with Crippen LogP contribution in [0.15, 0.2) is 47.0 Å². The number of phenolic OH excluding ortho intramolecular Hbond substituents is 1. The second-order valence-electron chi connectivity index (χ2n) is 6.42. The first-order valence-corrected chi connectivity index (χ1v) is 8.95. The van der Waals surface area contributed by atoms with E-state index in [9.17, 15) is 5.11 Å². The van der Waals surface area contributed by atoms with Crippen LogP contribution in [-0.2, 0) is 13.1 Å². The molecule has 0 bridgehead atoms. The number of aromatic hydroxyl groups is 1. The minimum atomic E-state index is 0.231. The van der Waals surface area contributed by atoms with Gasteiger partial charge >= 0.3 is 0 Å². The zero-order chi connectivity index (χ0) is 18.6. The Balaban J connectivity index is 1.49. The number of benzene rings is 2. The summed E-state index contributed by atoms with van der Waals surface area (Å²) in [6.07, 6.45) is 0.983. The Morgan fingerprint density at radius 1 is 1.07 bits per heavy atom. The average molecular weight is 367 g/mol. The van der Waals surface area contributed by atoms with E-state index in [-0.39, 0.29) is 6.79 Å². The molecule has 3 aromatic rings. The van der Waals surface area contributed by atoms with Crippen molar-refractivity contribution in [2.45, 2.75) is 26.4 Å². The van der Waals surface area contributed by atoms with E-state index in [0.29, 0.717) is 36.3 Å². The van der Waals surface area contributed by atoms with E-state index in [1.165, 1.54) is 0 Å². The van der Waals surface area contributed by atoms with Gasteiger partial charge in [-0.05, 0) is 37.2 Å². The molecule has 1 aliphatic heterocycles. The Morgan fingerprint density at radius 2 is 1.93 bits per heavy atom. The first-order chi connectivity index (χ1) is 13.2. The number of fused-ring (bicyclic) bond motifs is 1. The molecule has 1 aromatic heterocycles. The van der Waals surface area contributed by atoms with Crippen LogP contribution in [-0.4, -0.2) is 33.5 Å². The minimum absolute atomic E-state index is 0.231. The number of phenols is 1. The summed E-state index contributed by atoms with van der Waals surface area (Å²) < 4.78 is 16.2. The third kappa shape index (κ3) is 3.88. The van der Waals surface area contributed by atoms with Gasteiger partial charge in [-0.1, -0.05) is 30.3 Å². The molecule has 7 heteroatoms. The van der Waals surface area contributed by atoms with Crippen molar-refractivity contribution in [3.05, 3.63) is 53.9 Å². The predicted octanol–water partition coefficient (Wildman–Crippen LogP) is 3.58. The highest BCUT2D eigenvalue weighted by molar-refractivity contribution is 5.61. The molecule has 1 aliphatic rings. The minimum Gasteiger partial charge on any atom is -0.508 e. The van der Waals surface area contributed by atoms with E-state index in [1.54, 1.807) is 6.07 Å². The highest BCUT2D eigenvalue weighted by atomic mass is 16.7. The Kier molecular flexibility index (Phi) is 4.93. The van der Waals surface area contributed by atoms with Crippen LogP contribution in [0.25, 0.3) is 11.4 Å². The quantitative estimate of drug-likeness (QED) is 0.683. The molecular formula is C20H21N3O4. The van der Waals surface area contributed by atoms with Crippen molar-refractivity contribution in [1.82, 2.24) is 15.0 Å². The highest BCUT2D eigenvalue weighted by Crippen LogP contribution is 2.35. The van der Waals surface area contributed by atoms with Crippen LogP contribution in [0.1, 0.15) is 24.8 Å². The number of ether oxygens (including phenoxy) is 2. The lowest BCUT2D eigenvalue weighted by Gasteiger charge is -2.20. The summed E-state index contributed by atoms with van der Waals surface area (Å²) in [6.45, 7) is 4.33. The van der Waals surface area contributed by atoms with Crippen LogP contribution in [0.2, 0.25) is 0 Å². The van der Waals surface area contributed by atoms with Gasteiger partial charge in [0.25, 0.3) is 0 Å². The fourth-order valence-corrected chi connectivity index (χ4v) is 3.08. The van der Waals surface area contributed by atoms with Crippen molar-refractivity contribution in [3.63, 3.8) is 0 Å². The van der Waals surface area contributed by atoms with Crippen molar-refractivity contribution in [3.8, 4) is 28.6 Å². The molecule has 0 aliphatic carbocycles. The number of nitrogens with zero attached hydrogens (tertiary/aromatic N) is 3. The lowest BCUT2D eigenvalue weighted by molar-refractivity contribution is 0.174. The van der Waals surface area contributed by atoms with E-state index in [1.807, 2.05) is 36.4 Å². The summed E-state index contributed by atoms with van der Waals surface area (Å²) >= 11 is 0. The standard InChI is InChI=1S/C20H21N3O4/c1-2-9-23(11-15-5-3-4-6-16(15)24)12-19-21-20(22-27-19)14-7-8-17-18(10-14)26-13-25-17/h3-8,10,24H,2,9,11-13H2,1H3. The number of aromatic nitrogens is 2. The Hall–Kier alpha value is -3.06. The third-order valence-electron chi connectivity index (χ3n) is 4.38. The van der Waals surface area contributed by atoms with Crippen molar-refractivity contribution >= 4 is 0 Å². The molecule has 0 radical (unpaired) electrons. The van der Waals surface area contributed by atoms with Gasteiger partial charge in [0.15, 0.2) is 11.5 Å². The maximum absolute atomic E-state index is 10.0. The van der Waals surface area contributed by atoms with Gasteiger partial charge < -0.3 is 19.1 Å². The van der Waals surface area contributed by atoms with Crippen LogP contribution < -0.4 is 9.47 Å². The van der Waals surface area contributed by atoms with Crippen LogP contribution in [0, 0.1) is 0 Å². The number of para-hydroxylation sites is 1. The second kappa shape index (κ2) is 7.67. The molecule has 0 atom stereocenters. The molecule has 0 saturated carbocycles. The van der Waals surface area contributed by atoms with Crippen molar-refractivity contribution < 1.29 is 19.1 Å². The van der Waals surface area contributed by atoms with Crippen LogP contribution in [0.4, 0.5) is 0 Å². The normalized spacial score (nSPS) is 12.7. The number of rotatable bonds is 7. The third-order valence-corrected chi connectivity index (χ3v) is 4.38. The topological polar surface area (TPSA) is 80.9 Å². The monoisotopic (exact) mass is 367 g/mol. The molecule has 0 unspecified atom stereocenters. The fourth-order valence-electron chi connectivity index (χ4n) is 3.08. The SMILES string of the molecule is CCCN(Cc1nc(-c2ccc3c(c2)OCO3)no1)Cc1ccccc1O. The van der Waals surface area contributed by atoms with Crippen LogP contribution in [0.3, 0.4) is 0 Å². The molecule has 0 amide bonds. The summed E-state index contributed by atoms with van der Waals surface area (Å²) in [5.74, 6) is 2.75. The molecule has 0 fully saturated rings. The largest absolute Gasteiger partial charge is 0.508 e. The van der Waals surface area contributed by atoms with Crippen molar-refractivity contribution in [2.75, 3.05) is 13.3 Å². The molecule has 4 rings (SSSR count). The van der Waals surface area contributed by atoms with E-state index >= 15 is 0 Å². The fraction of sp³-hybridized carbons (Fsp3) is 0.300. The van der Waals surface area contributed by atoms with Gasteiger partial charge in [-0.3, -0.25) is 4.90 Å². The smallest absolute Gasteiger partial charge is 0.241 e. The molecule has 27 heavy (non-hydrogen) atoms. The molecule has 2 aromatic carbocycles. The predicted molar refractivity (Wildman–Crippen MR) is 98.4 cm³/mol. The second-order valence-corrected chi connectivity index (χ2v) is 6.42. The van der Waals surface area contributed by atoms with E-state index in [2.05, 4.69) is 22.0 Å². The molecule has 7 nitrogen and oxygen atoms in total. The van der Waals surface area contributed by atoms with E-state index in [4.69, 9.17) is 14.0 Å².